The summed E-state index contributed by atoms with van der Waals surface area (Å²) < 4.78 is 2.32. The van der Waals surface area contributed by atoms with Crippen molar-refractivity contribution >= 4 is 18.0 Å². The average Bonchev–Trinajstić information content (AvgIpc) is 3.40. The van der Waals surface area contributed by atoms with E-state index in [0.29, 0.717) is 17.5 Å². The summed E-state index contributed by atoms with van der Waals surface area (Å²) in [5.41, 5.74) is 1.61. The van der Waals surface area contributed by atoms with E-state index in [0.717, 1.165) is 27.9 Å². The van der Waals surface area contributed by atoms with E-state index in [1.165, 1.54) is 25.7 Å². The Morgan fingerprint density at radius 2 is 2.10 bits per heavy atom. The van der Waals surface area contributed by atoms with Crippen LogP contribution in [0.3, 0.4) is 0 Å². The molecule has 108 valence electrons. The molecule has 2 aliphatic carbocycles. The highest BCUT2D eigenvalue weighted by Gasteiger charge is 2.36. The van der Waals surface area contributed by atoms with Gasteiger partial charge in [-0.25, -0.2) is 4.98 Å². The number of nitrogens with zero attached hydrogens (tertiary/aromatic N) is 4. The number of aldehydes is 1. The summed E-state index contributed by atoms with van der Waals surface area (Å²) in [6.45, 7) is 1.97. The summed E-state index contributed by atoms with van der Waals surface area (Å²) in [7, 11) is 0. The fraction of sp³-hybridized carbons (Fsp3) is 0.467. The number of aryl methyl sites for hydroxylation is 1. The molecule has 2 aromatic rings. The maximum absolute atomic E-state index is 10.8. The molecule has 0 unspecified atom stereocenters. The van der Waals surface area contributed by atoms with Gasteiger partial charge in [0.15, 0.2) is 11.4 Å². The molecule has 0 aliphatic heterocycles. The maximum atomic E-state index is 10.8. The number of hydrogen-bond acceptors (Lipinski definition) is 5. The van der Waals surface area contributed by atoms with Gasteiger partial charge < -0.3 is 4.57 Å². The van der Waals surface area contributed by atoms with Crippen molar-refractivity contribution in [1.82, 2.24) is 19.7 Å². The fourth-order valence-electron chi connectivity index (χ4n) is 2.50. The molecule has 2 saturated carbocycles. The monoisotopic (exact) mass is 300 g/mol. The van der Waals surface area contributed by atoms with Gasteiger partial charge in [-0.05, 0) is 56.0 Å². The molecule has 0 atom stereocenters. The molecule has 0 N–H and O–H groups in total. The summed E-state index contributed by atoms with van der Waals surface area (Å²) in [4.78, 5) is 15.2. The second kappa shape index (κ2) is 4.94. The number of rotatable bonds is 5. The van der Waals surface area contributed by atoms with E-state index in [9.17, 15) is 4.79 Å². The lowest BCUT2D eigenvalue weighted by Gasteiger charge is -2.09. The molecule has 0 spiro atoms. The summed E-state index contributed by atoms with van der Waals surface area (Å²) in [5, 5.41) is 10.6. The van der Waals surface area contributed by atoms with Crippen LogP contribution in [-0.4, -0.2) is 26.0 Å². The summed E-state index contributed by atoms with van der Waals surface area (Å²) in [6.07, 6.45) is 7.36. The van der Waals surface area contributed by atoms with Gasteiger partial charge in [0.2, 0.25) is 0 Å². The molecule has 2 aromatic heterocycles. The molecule has 0 radical (unpaired) electrons. The Morgan fingerprint density at radius 1 is 1.29 bits per heavy atom. The smallest absolute Gasteiger partial charge is 0.197 e. The van der Waals surface area contributed by atoms with Crippen molar-refractivity contribution in [3.8, 4) is 0 Å². The van der Waals surface area contributed by atoms with Crippen LogP contribution < -0.4 is 0 Å². The third kappa shape index (κ3) is 2.48. The van der Waals surface area contributed by atoms with E-state index in [1.54, 1.807) is 18.0 Å². The number of pyridine rings is 1. The highest BCUT2D eigenvalue weighted by molar-refractivity contribution is 7.99. The van der Waals surface area contributed by atoms with Crippen LogP contribution in [0.4, 0.5) is 0 Å². The molecule has 0 amide bonds. The molecule has 0 aromatic carbocycles. The lowest BCUT2D eigenvalue weighted by Crippen LogP contribution is -2.02. The Balaban J connectivity index is 1.66. The Morgan fingerprint density at radius 3 is 2.71 bits per heavy atom. The molecule has 2 aliphatic rings. The van der Waals surface area contributed by atoms with Crippen LogP contribution in [0.15, 0.2) is 22.4 Å². The van der Waals surface area contributed by atoms with E-state index >= 15 is 0 Å². The summed E-state index contributed by atoms with van der Waals surface area (Å²) in [6, 6.07) is 2.44. The van der Waals surface area contributed by atoms with Crippen LogP contribution in [0.5, 0.6) is 0 Å². The molecular formula is C15H16N4OS. The zero-order valence-corrected chi connectivity index (χ0v) is 12.6. The van der Waals surface area contributed by atoms with Crippen molar-refractivity contribution in [3.05, 3.63) is 29.2 Å². The van der Waals surface area contributed by atoms with Gasteiger partial charge in [0.1, 0.15) is 10.9 Å². The average molecular weight is 300 g/mol. The minimum atomic E-state index is 0.577. The first-order chi connectivity index (χ1) is 10.3. The largest absolute Gasteiger partial charge is 0.302 e. The van der Waals surface area contributed by atoms with E-state index < -0.39 is 0 Å². The van der Waals surface area contributed by atoms with E-state index in [2.05, 4.69) is 19.7 Å². The Hall–Kier alpha value is -1.69. The Labute approximate surface area is 127 Å². The molecule has 0 saturated heterocycles. The zero-order valence-electron chi connectivity index (χ0n) is 11.8. The van der Waals surface area contributed by atoms with Gasteiger partial charge in [-0.1, -0.05) is 0 Å². The quantitative estimate of drug-likeness (QED) is 0.794. The standard InChI is InChI=1S/C15H16N4OS/c1-9-6-10(8-20)7-16-14(9)21-15-18-17-13(11-2-3-11)19(15)12-4-5-12/h6-8,11-12H,2-5H2,1H3. The molecule has 4 rings (SSSR count). The van der Waals surface area contributed by atoms with Crippen LogP contribution >= 0.6 is 11.8 Å². The SMILES string of the molecule is Cc1cc(C=O)cnc1Sc1nnc(C2CC2)n1C1CC1. The second-order valence-corrected chi connectivity index (χ2v) is 6.78. The van der Waals surface area contributed by atoms with Crippen molar-refractivity contribution in [1.29, 1.82) is 0 Å². The molecule has 21 heavy (non-hydrogen) atoms. The van der Waals surface area contributed by atoms with Crippen molar-refractivity contribution in [2.75, 3.05) is 0 Å². The zero-order chi connectivity index (χ0) is 14.4. The third-order valence-corrected chi connectivity index (χ3v) is 5.00. The molecule has 2 fully saturated rings. The molecule has 6 heteroatoms. The predicted molar refractivity (Wildman–Crippen MR) is 78.8 cm³/mol. The fourth-order valence-corrected chi connectivity index (χ4v) is 3.42. The normalized spacial score (nSPS) is 18.0. The molecule has 2 heterocycles. The summed E-state index contributed by atoms with van der Waals surface area (Å²) >= 11 is 1.56. The number of aromatic nitrogens is 4. The number of carbonyl (C=O) groups is 1. The molecule has 0 bridgehead atoms. The molecule has 5 nitrogen and oxygen atoms in total. The van der Waals surface area contributed by atoms with Gasteiger partial charge in [0.05, 0.1) is 0 Å². The van der Waals surface area contributed by atoms with Gasteiger partial charge in [0.25, 0.3) is 0 Å². The van der Waals surface area contributed by atoms with Gasteiger partial charge in [-0.2, -0.15) is 0 Å². The van der Waals surface area contributed by atoms with Gasteiger partial charge in [-0.15, -0.1) is 10.2 Å². The minimum Gasteiger partial charge on any atom is -0.302 e. The topological polar surface area (TPSA) is 60.7 Å². The van der Waals surface area contributed by atoms with Crippen molar-refractivity contribution in [2.45, 2.75) is 54.7 Å². The van der Waals surface area contributed by atoms with E-state index in [1.807, 2.05) is 13.0 Å². The minimum absolute atomic E-state index is 0.577. The third-order valence-electron chi connectivity index (χ3n) is 3.92. The number of carbonyl (C=O) groups excluding carboxylic acids is 1. The van der Waals surface area contributed by atoms with Gasteiger partial charge in [0, 0.05) is 23.7 Å². The van der Waals surface area contributed by atoms with Crippen molar-refractivity contribution in [2.24, 2.45) is 0 Å². The number of hydrogen-bond donors (Lipinski definition) is 0. The first-order valence-electron chi connectivity index (χ1n) is 7.30. The van der Waals surface area contributed by atoms with E-state index in [4.69, 9.17) is 0 Å². The van der Waals surface area contributed by atoms with Crippen LogP contribution in [-0.2, 0) is 0 Å². The van der Waals surface area contributed by atoms with Crippen LogP contribution in [0, 0.1) is 6.92 Å². The highest BCUT2D eigenvalue weighted by Crippen LogP contribution is 2.46. The maximum Gasteiger partial charge on any atom is 0.197 e. The Bertz CT molecular complexity index is 704. The Kier molecular flexibility index (Phi) is 3.06. The van der Waals surface area contributed by atoms with Crippen molar-refractivity contribution < 1.29 is 4.79 Å². The van der Waals surface area contributed by atoms with Gasteiger partial charge >= 0.3 is 0 Å². The van der Waals surface area contributed by atoms with Crippen LogP contribution in [0.1, 0.15) is 59.4 Å². The van der Waals surface area contributed by atoms with Crippen LogP contribution in [0.25, 0.3) is 0 Å². The first-order valence-corrected chi connectivity index (χ1v) is 8.12. The van der Waals surface area contributed by atoms with Gasteiger partial charge in [-0.3, -0.25) is 4.79 Å². The lowest BCUT2D eigenvalue weighted by molar-refractivity contribution is 0.112. The highest BCUT2D eigenvalue weighted by atomic mass is 32.2. The summed E-state index contributed by atoms with van der Waals surface area (Å²) in [5.74, 6) is 1.76. The second-order valence-electron chi connectivity index (χ2n) is 5.83. The van der Waals surface area contributed by atoms with Crippen LogP contribution in [0.2, 0.25) is 0 Å². The molecular weight excluding hydrogens is 284 g/mol. The van der Waals surface area contributed by atoms with E-state index in [-0.39, 0.29) is 0 Å². The van der Waals surface area contributed by atoms with Crippen molar-refractivity contribution in [3.63, 3.8) is 0 Å². The first kappa shape index (κ1) is 13.0. The lowest BCUT2D eigenvalue weighted by atomic mass is 10.2. The predicted octanol–water partition coefficient (Wildman–Crippen LogP) is 3.16.